The molecule has 2 saturated heterocycles. The van der Waals surface area contributed by atoms with Crippen molar-refractivity contribution < 1.29 is 9.66 Å². The number of morpholine rings is 1. The number of nitro groups is 1. The summed E-state index contributed by atoms with van der Waals surface area (Å²) in [5.41, 5.74) is 6.63. The second-order valence-corrected chi connectivity index (χ2v) is 4.80. The fourth-order valence-electron chi connectivity index (χ4n) is 2.98. The van der Waals surface area contributed by atoms with Crippen LogP contribution >= 0.6 is 0 Å². The van der Waals surface area contributed by atoms with Crippen molar-refractivity contribution in [3.8, 4) is 0 Å². The van der Waals surface area contributed by atoms with Crippen molar-refractivity contribution in [2.24, 2.45) is 0 Å². The van der Waals surface area contributed by atoms with Crippen LogP contribution in [0.1, 0.15) is 12.8 Å². The minimum atomic E-state index is -0.389. The van der Waals surface area contributed by atoms with Crippen LogP contribution in [0.5, 0.6) is 0 Å². The Kier molecular flexibility index (Phi) is 2.59. The van der Waals surface area contributed by atoms with Crippen molar-refractivity contribution in [3.05, 3.63) is 28.3 Å². The van der Waals surface area contributed by atoms with Crippen molar-refractivity contribution in [2.75, 3.05) is 23.8 Å². The molecule has 2 bridgehead atoms. The van der Waals surface area contributed by atoms with Crippen LogP contribution in [0.3, 0.4) is 0 Å². The summed E-state index contributed by atoms with van der Waals surface area (Å²) in [6.45, 7) is 1.28. The first-order chi connectivity index (χ1) is 8.68. The Morgan fingerprint density at radius 1 is 1.33 bits per heavy atom. The quantitative estimate of drug-likeness (QED) is 0.488. The number of hydrogen-bond donors (Lipinski definition) is 1. The average molecular weight is 249 g/mol. The first-order valence-corrected chi connectivity index (χ1v) is 6.07. The first kappa shape index (κ1) is 11.3. The molecular weight excluding hydrogens is 234 g/mol. The summed E-state index contributed by atoms with van der Waals surface area (Å²) in [7, 11) is 0. The Labute approximate surface area is 104 Å². The van der Waals surface area contributed by atoms with Crippen LogP contribution in [-0.4, -0.2) is 30.2 Å². The molecule has 2 atom stereocenters. The highest BCUT2D eigenvalue weighted by atomic mass is 16.6. The first-order valence-electron chi connectivity index (χ1n) is 6.07. The van der Waals surface area contributed by atoms with Crippen LogP contribution in [-0.2, 0) is 4.74 Å². The van der Waals surface area contributed by atoms with E-state index in [-0.39, 0.29) is 28.4 Å². The highest BCUT2D eigenvalue weighted by Crippen LogP contribution is 2.41. The van der Waals surface area contributed by atoms with Crippen LogP contribution in [0.25, 0.3) is 0 Å². The molecular formula is C12H15N3O3. The lowest BCUT2D eigenvalue weighted by molar-refractivity contribution is -0.383. The molecule has 0 amide bonds. The van der Waals surface area contributed by atoms with Gasteiger partial charge in [0.25, 0.3) is 0 Å². The van der Waals surface area contributed by atoms with Gasteiger partial charge in [-0.05, 0) is 25.0 Å². The van der Waals surface area contributed by atoms with Crippen LogP contribution < -0.4 is 10.6 Å². The van der Waals surface area contributed by atoms with Crippen molar-refractivity contribution in [1.29, 1.82) is 0 Å². The van der Waals surface area contributed by atoms with Gasteiger partial charge in [-0.25, -0.2) is 0 Å². The third kappa shape index (κ3) is 1.60. The van der Waals surface area contributed by atoms with Crippen molar-refractivity contribution >= 4 is 17.1 Å². The van der Waals surface area contributed by atoms with E-state index in [0.29, 0.717) is 18.9 Å². The fourth-order valence-corrected chi connectivity index (χ4v) is 2.98. The number of rotatable bonds is 2. The zero-order valence-electron chi connectivity index (χ0n) is 9.91. The molecule has 1 aromatic rings. The van der Waals surface area contributed by atoms with E-state index in [2.05, 4.69) is 4.90 Å². The van der Waals surface area contributed by atoms with Gasteiger partial charge in [-0.15, -0.1) is 0 Å². The molecule has 2 fully saturated rings. The fraction of sp³-hybridized carbons (Fsp3) is 0.500. The lowest BCUT2D eigenvalue weighted by atomic mass is 10.1. The largest absolute Gasteiger partial charge is 0.393 e. The van der Waals surface area contributed by atoms with E-state index in [4.69, 9.17) is 10.5 Å². The molecule has 3 rings (SSSR count). The van der Waals surface area contributed by atoms with E-state index >= 15 is 0 Å². The SMILES string of the molecule is Nc1cccc(N2C3CCC2COC3)c1[N+](=O)[O-]. The van der Waals surface area contributed by atoms with Crippen molar-refractivity contribution in [1.82, 2.24) is 0 Å². The zero-order chi connectivity index (χ0) is 12.7. The predicted molar refractivity (Wildman–Crippen MR) is 67.6 cm³/mol. The summed E-state index contributed by atoms with van der Waals surface area (Å²) in [4.78, 5) is 12.9. The van der Waals surface area contributed by atoms with Crippen LogP contribution in [0.15, 0.2) is 18.2 Å². The maximum absolute atomic E-state index is 11.2. The molecule has 2 aliphatic rings. The molecule has 2 heterocycles. The average Bonchev–Trinajstić information content (AvgIpc) is 2.58. The molecule has 2 aliphatic heterocycles. The summed E-state index contributed by atoms with van der Waals surface area (Å²) in [5.74, 6) is 0. The molecule has 6 heteroatoms. The number of fused-ring (bicyclic) bond motifs is 2. The number of nitrogen functional groups attached to an aromatic ring is 1. The summed E-state index contributed by atoms with van der Waals surface area (Å²) in [6, 6.07) is 5.61. The molecule has 0 radical (unpaired) electrons. The molecule has 2 N–H and O–H groups in total. The normalized spacial score (nSPS) is 26.3. The van der Waals surface area contributed by atoms with Gasteiger partial charge < -0.3 is 15.4 Å². The third-order valence-corrected chi connectivity index (χ3v) is 3.75. The number of ether oxygens (including phenoxy) is 1. The Balaban J connectivity index is 2.07. The Bertz CT molecular complexity index is 475. The van der Waals surface area contributed by atoms with E-state index in [1.165, 1.54) is 0 Å². The van der Waals surface area contributed by atoms with Gasteiger partial charge in [0.2, 0.25) is 0 Å². The molecule has 96 valence electrons. The van der Waals surface area contributed by atoms with Crippen molar-refractivity contribution in [3.63, 3.8) is 0 Å². The topological polar surface area (TPSA) is 81.6 Å². The predicted octanol–water partition coefficient (Wildman–Crippen LogP) is 1.54. The maximum Gasteiger partial charge on any atom is 0.315 e. The Morgan fingerprint density at radius 2 is 2.00 bits per heavy atom. The summed E-state index contributed by atoms with van der Waals surface area (Å²) < 4.78 is 5.50. The van der Waals surface area contributed by atoms with E-state index in [9.17, 15) is 10.1 Å². The standard InChI is InChI=1S/C12H15N3O3/c13-10-2-1-3-11(12(10)15(16)17)14-8-4-5-9(14)7-18-6-8/h1-3,8-9H,4-7,13H2. The molecule has 0 spiro atoms. The molecule has 6 nitrogen and oxygen atoms in total. The minimum absolute atomic E-state index is 0.0244. The summed E-state index contributed by atoms with van der Waals surface area (Å²) in [5, 5.41) is 11.2. The highest BCUT2D eigenvalue weighted by Gasteiger charge is 2.40. The van der Waals surface area contributed by atoms with Gasteiger partial charge in [-0.2, -0.15) is 0 Å². The van der Waals surface area contributed by atoms with Crippen LogP contribution in [0.4, 0.5) is 17.1 Å². The Hall–Kier alpha value is -1.82. The monoisotopic (exact) mass is 249 g/mol. The smallest absolute Gasteiger partial charge is 0.315 e. The number of anilines is 2. The maximum atomic E-state index is 11.2. The molecule has 0 saturated carbocycles. The number of benzene rings is 1. The van der Waals surface area contributed by atoms with E-state index < -0.39 is 0 Å². The van der Waals surface area contributed by atoms with Gasteiger partial charge >= 0.3 is 5.69 Å². The number of nitrogens with zero attached hydrogens (tertiary/aromatic N) is 2. The third-order valence-electron chi connectivity index (χ3n) is 3.75. The van der Waals surface area contributed by atoms with Crippen LogP contribution in [0, 0.1) is 10.1 Å². The van der Waals surface area contributed by atoms with Crippen molar-refractivity contribution in [2.45, 2.75) is 24.9 Å². The van der Waals surface area contributed by atoms with Gasteiger partial charge in [-0.1, -0.05) is 6.07 Å². The van der Waals surface area contributed by atoms with Gasteiger partial charge in [0, 0.05) is 0 Å². The number of nitrogens with two attached hydrogens (primary N) is 1. The minimum Gasteiger partial charge on any atom is -0.393 e. The molecule has 1 aromatic carbocycles. The Morgan fingerprint density at radius 3 is 2.61 bits per heavy atom. The van der Waals surface area contributed by atoms with Gasteiger partial charge in [-0.3, -0.25) is 10.1 Å². The lowest BCUT2D eigenvalue weighted by Crippen LogP contribution is -2.46. The van der Waals surface area contributed by atoms with Gasteiger partial charge in [0.05, 0.1) is 30.2 Å². The highest BCUT2D eigenvalue weighted by molar-refractivity contribution is 5.76. The second-order valence-electron chi connectivity index (χ2n) is 4.80. The number of para-hydroxylation sites is 1. The molecule has 18 heavy (non-hydrogen) atoms. The van der Waals surface area contributed by atoms with Gasteiger partial charge in [0.1, 0.15) is 11.4 Å². The second kappa shape index (κ2) is 4.13. The molecule has 0 aromatic heterocycles. The summed E-state index contributed by atoms with van der Waals surface area (Å²) >= 11 is 0. The number of hydrogen-bond acceptors (Lipinski definition) is 5. The van der Waals surface area contributed by atoms with E-state index in [1.54, 1.807) is 18.2 Å². The number of nitro benzene ring substituents is 1. The van der Waals surface area contributed by atoms with Gasteiger partial charge in [0.15, 0.2) is 0 Å². The van der Waals surface area contributed by atoms with E-state index in [0.717, 1.165) is 12.8 Å². The van der Waals surface area contributed by atoms with E-state index in [1.807, 2.05) is 0 Å². The molecule has 0 aliphatic carbocycles. The van der Waals surface area contributed by atoms with Crippen LogP contribution in [0.2, 0.25) is 0 Å². The molecule has 2 unspecified atom stereocenters. The zero-order valence-corrected chi connectivity index (χ0v) is 9.91. The lowest BCUT2D eigenvalue weighted by Gasteiger charge is -2.36. The summed E-state index contributed by atoms with van der Waals surface area (Å²) in [6.07, 6.45) is 2.05.